The quantitative estimate of drug-likeness (QED) is 0.521. The Morgan fingerprint density at radius 3 is 2.52 bits per heavy atom. The number of rotatable bonds is 7. The summed E-state index contributed by atoms with van der Waals surface area (Å²) in [5, 5.41) is 5.81. The van der Waals surface area contributed by atoms with Crippen molar-refractivity contribution in [3.63, 3.8) is 0 Å². The van der Waals surface area contributed by atoms with Gasteiger partial charge in [0.1, 0.15) is 22.7 Å². The first-order valence-electron chi connectivity index (χ1n) is 10.3. The van der Waals surface area contributed by atoms with Gasteiger partial charge in [0, 0.05) is 48.7 Å². The summed E-state index contributed by atoms with van der Waals surface area (Å²) in [5.41, 5.74) is 1.99. The molecule has 33 heavy (non-hydrogen) atoms. The van der Waals surface area contributed by atoms with E-state index >= 15 is 0 Å². The molecule has 3 aromatic rings. The zero-order chi connectivity index (χ0) is 24.2. The summed E-state index contributed by atoms with van der Waals surface area (Å²) in [6, 6.07) is 6.95. The minimum atomic E-state index is -0.591. The van der Waals surface area contributed by atoms with Crippen molar-refractivity contribution in [1.29, 1.82) is 0 Å². The van der Waals surface area contributed by atoms with E-state index in [2.05, 4.69) is 15.6 Å². The maximum Gasteiger partial charge on any atom is 0.407 e. The largest absolute Gasteiger partial charge is 0.496 e. The molecule has 3 rings (SSSR count). The Morgan fingerprint density at radius 1 is 1.12 bits per heavy atom. The van der Waals surface area contributed by atoms with Gasteiger partial charge in [0.25, 0.3) is 0 Å². The first-order chi connectivity index (χ1) is 15.6. The van der Waals surface area contributed by atoms with Crippen LogP contribution in [0.15, 0.2) is 36.7 Å². The monoisotopic (exact) mass is 474 g/mol. The number of ether oxygens (including phenoxy) is 3. The Hall–Kier alpha value is -3.46. The van der Waals surface area contributed by atoms with Crippen LogP contribution in [0.25, 0.3) is 16.9 Å². The molecular weight excluding hydrogens is 448 g/mol. The average molecular weight is 475 g/mol. The van der Waals surface area contributed by atoms with Gasteiger partial charge in [0.15, 0.2) is 0 Å². The number of nitrogens with zero attached hydrogens (tertiary/aromatic N) is 2. The number of imidazole rings is 1. The third-order valence-electron chi connectivity index (χ3n) is 4.51. The summed E-state index contributed by atoms with van der Waals surface area (Å²) in [5.74, 6) is 0.837. The van der Waals surface area contributed by atoms with Gasteiger partial charge >= 0.3 is 6.09 Å². The molecule has 0 fully saturated rings. The lowest BCUT2D eigenvalue weighted by atomic mass is 10.1. The highest BCUT2D eigenvalue weighted by Gasteiger charge is 2.17. The highest BCUT2D eigenvalue weighted by Crippen LogP contribution is 2.38. The second-order valence-electron chi connectivity index (χ2n) is 8.22. The molecule has 2 aromatic heterocycles. The number of aromatic nitrogens is 2. The highest BCUT2D eigenvalue weighted by atomic mass is 35.5. The lowest BCUT2D eigenvalue weighted by Crippen LogP contribution is -2.34. The maximum atomic E-state index is 12.2. The van der Waals surface area contributed by atoms with Crippen LogP contribution in [0.4, 0.5) is 10.5 Å². The van der Waals surface area contributed by atoms with Crippen molar-refractivity contribution >= 4 is 34.9 Å². The zero-order valence-electron chi connectivity index (χ0n) is 19.2. The highest BCUT2D eigenvalue weighted by molar-refractivity contribution is 6.32. The van der Waals surface area contributed by atoms with Crippen LogP contribution in [-0.2, 0) is 9.53 Å². The number of hydrogen-bond donors (Lipinski definition) is 2. The lowest BCUT2D eigenvalue weighted by Gasteiger charge is -2.19. The smallest absolute Gasteiger partial charge is 0.407 e. The van der Waals surface area contributed by atoms with Crippen molar-refractivity contribution < 1.29 is 23.8 Å². The van der Waals surface area contributed by atoms with E-state index in [1.165, 1.54) is 7.11 Å². The molecule has 0 saturated heterocycles. The van der Waals surface area contributed by atoms with Crippen LogP contribution in [0.5, 0.6) is 11.5 Å². The minimum Gasteiger partial charge on any atom is -0.496 e. The summed E-state index contributed by atoms with van der Waals surface area (Å²) in [6.45, 7) is 5.48. The van der Waals surface area contributed by atoms with Crippen LogP contribution < -0.4 is 20.1 Å². The van der Waals surface area contributed by atoms with E-state index in [0.29, 0.717) is 39.1 Å². The Morgan fingerprint density at radius 2 is 1.85 bits per heavy atom. The van der Waals surface area contributed by atoms with Gasteiger partial charge in [-0.15, -0.1) is 0 Å². The number of amides is 2. The predicted octanol–water partition coefficient (Wildman–Crippen LogP) is 4.53. The normalized spacial score (nSPS) is 11.2. The molecule has 0 spiro atoms. The number of carbonyl (C=O) groups is 2. The van der Waals surface area contributed by atoms with Gasteiger partial charge in [-0.25, -0.2) is 9.78 Å². The van der Waals surface area contributed by atoms with E-state index < -0.39 is 11.7 Å². The standard InChI is InChI=1S/C23H27ClN4O5/c1-23(2,3)33-22(30)25-8-6-21(29)26-14-7-9-28-13-17(27-20(28)10-14)15-11-16(24)19(32-5)12-18(15)31-4/h7,9-13H,6,8H2,1-5H3,(H,25,30)(H,26,29). The van der Waals surface area contributed by atoms with Crippen LogP contribution in [0.3, 0.4) is 0 Å². The molecule has 176 valence electrons. The van der Waals surface area contributed by atoms with Crippen molar-refractivity contribution in [3.05, 3.63) is 41.7 Å². The minimum absolute atomic E-state index is 0.103. The Kier molecular flexibility index (Phi) is 7.33. The molecule has 2 amide bonds. The first-order valence-corrected chi connectivity index (χ1v) is 10.6. The second kappa shape index (κ2) is 9.99. The lowest BCUT2D eigenvalue weighted by molar-refractivity contribution is -0.116. The number of methoxy groups -OCH3 is 2. The van der Waals surface area contributed by atoms with Crippen LogP contribution >= 0.6 is 11.6 Å². The van der Waals surface area contributed by atoms with Crippen LogP contribution in [0.1, 0.15) is 27.2 Å². The number of fused-ring (bicyclic) bond motifs is 1. The van der Waals surface area contributed by atoms with Crippen LogP contribution in [0, 0.1) is 0 Å². The molecule has 10 heteroatoms. The van der Waals surface area contributed by atoms with Crippen molar-refractivity contribution in [2.24, 2.45) is 0 Å². The molecule has 2 N–H and O–H groups in total. The SMILES string of the molecule is COc1cc(OC)c(-c2cn3ccc(NC(=O)CCNC(=O)OC(C)(C)C)cc3n2)cc1Cl. The number of pyridine rings is 1. The van der Waals surface area contributed by atoms with E-state index in [4.69, 9.17) is 25.8 Å². The second-order valence-corrected chi connectivity index (χ2v) is 8.63. The fourth-order valence-electron chi connectivity index (χ4n) is 3.07. The van der Waals surface area contributed by atoms with Gasteiger partial charge in [-0.05, 0) is 32.9 Å². The fourth-order valence-corrected chi connectivity index (χ4v) is 3.31. The summed E-state index contributed by atoms with van der Waals surface area (Å²) in [6.07, 6.45) is 3.17. The van der Waals surface area contributed by atoms with Gasteiger partial charge in [0.2, 0.25) is 5.91 Å². The summed E-state index contributed by atoms with van der Waals surface area (Å²) < 4.78 is 17.7. The fraction of sp³-hybridized carbons (Fsp3) is 0.348. The molecule has 2 heterocycles. The van der Waals surface area contributed by atoms with Gasteiger partial charge in [0.05, 0.1) is 24.9 Å². The van der Waals surface area contributed by atoms with E-state index in [0.717, 1.165) is 0 Å². The van der Waals surface area contributed by atoms with Gasteiger partial charge in [-0.1, -0.05) is 11.6 Å². The van der Waals surface area contributed by atoms with Crippen molar-refractivity contribution in [2.75, 3.05) is 26.1 Å². The molecule has 0 aliphatic rings. The number of anilines is 1. The molecule has 0 saturated carbocycles. The molecule has 0 aliphatic heterocycles. The molecule has 1 aromatic carbocycles. The maximum absolute atomic E-state index is 12.2. The van der Waals surface area contributed by atoms with Crippen molar-refractivity contribution in [3.8, 4) is 22.8 Å². The predicted molar refractivity (Wildman–Crippen MR) is 126 cm³/mol. The summed E-state index contributed by atoms with van der Waals surface area (Å²) in [7, 11) is 3.10. The number of hydrogen-bond acceptors (Lipinski definition) is 6. The number of alkyl carbamates (subject to hydrolysis) is 1. The van der Waals surface area contributed by atoms with Crippen molar-refractivity contribution in [2.45, 2.75) is 32.8 Å². The summed E-state index contributed by atoms with van der Waals surface area (Å²) >= 11 is 6.29. The Bertz CT molecular complexity index is 1170. The number of benzene rings is 1. The number of nitrogens with one attached hydrogen (secondary N) is 2. The van der Waals surface area contributed by atoms with Gasteiger partial charge < -0.3 is 29.2 Å². The number of carbonyl (C=O) groups excluding carboxylic acids is 2. The summed E-state index contributed by atoms with van der Waals surface area (Å²) in [4.78, 5) is 28.6. The van der Waals surface area contributed by atoms with E-state index in [9.17, 15) is 9.59 Å². The molecule has 0 atom stereocenters. The van der Waals surface area contributed by atoms with Crippen molar-refractivity contribution in [1.82, 2.24) is 14.7 Å². The average Bonchev–Trinajstić information content (AvgIpc) is 3.15. The first kappa shape index (κ1) is 24.2. The van der Waals surface area contributed by atoms with E-state index in [-0.39, 0.29) is 18.9 Å². The molecule has 0 radical (unpaired) electrons. The Balaban J connectivity index is 1.69. The molecule has 0 aliphatic carbocycles. The number of halogens is 1. The molecule has 9 nitrogen and oxygen atoms in total. The zero-order valence-corrected chi connectivity index (χ0v) is 19.9. The molecule has 0 unspecified atom stereocenters. The van der Waals surface area contributed by atoms with E-state index in [1.807, 2.05) is 10.6 Å². The topological polar surface area (TPSA) is 103 Å². The third kappa shape index (κ3) is 6.29. The van der Waals surface area contributed by atoms with Gasteiger partial charge in [-0.2, -0.15) is 0 Å². The molecular formula is C23H27ClN4O5. The molecule has 0 bridgehead atoms. The van der Waals surface area contributed by atoms with Crippen LogP contribution in [-0.4, -0.2) is 47.8 Å². The third-order valence-corrected chi connectivity index (χ3v) is 4.81. The van der Waals surface area contributed by atoms with E-state index in [1.54, 1.807) is 58.3 Å². The Labute approximate surface area is 197 Å². The van der Waals surface area contributed by atoms with Crippen LogP contribution in [0.2, 0.25) is 5.02 Å². The van der Waals surface area contributed by atoms with Gasteiger partial charge in [-0.3, -0.25) is 4.79 Å².